The van der Waals surface area contributed by atoms with Crippen LogP contribution in [0.2, 0.25) is 0 Å². The van der Waals surface area contributed by atoms with Crippen LogP contribution in [0.1, 0.15) is 6.42 Å². The fourth-order valence-corrected chi connectivity index (χ4v) is 4.66. The standard InChI is InChI=1S/C17H20N2O3S/c1-19(16-8-9-23(21,22)12-16)17(20)11-18-15-7-6-13-4-2-3-5-14(13)10-15/h2-7,10,16,18H,8-9,11-12H2,1H3/t16-/m1/s1. The van der Waals surface area contributed by atoms with Crippen molar-refractivity contribution in [2.45, 2.75) is 12.5 Å². The van der Waals surface area contributed by atoms with Gasteiger partial charge in [-0.05, 0) is 29.3 Å². The lowest BCUT2D eigenvalue weighted by atomic mass is 10.1. The Bertz CT molecular complexity index is 833. The molecule has 0 bridgehead atoms. The topological polar surface area (TPSA) is 66.5 Å². The summed E-state index contributed by atoms with van der Waals surface area (Å²) >= 11 is 0. The molecule has 1 N–H and O–H groups in total. The Morgan fingerprint density at radius 3 is 2.65 bits per heavy atom. The monoisotopic (exact) mass is 332 g/mol. The highest BCUT2D eigenvalue weighted by Gasteiger charge is 2.32. The van der Waals surface area contributed by atoms with Crippen LogP contribution in [0, 0.1) is 0 Å². The van der Waals surface area contributed by atoms with Crippen molar-refractivity contribution in [3.63, 3.8) is 0 Å². The van der Waals surface area contributed by atoms with Gasteiger partial charge in [-0.15, -0.1) is 0 Å². The summed E-state index contributed by atoms with van der Waals surface area (Å²) in [5.41, 5.74) is 0.879. The maximum Gasteiger partial charge on any atom is 0.241 e. The molecule has 1 aliphatic rings. The van der Waals surface area contributed by atoms with Crippen LogP contribution >= 0.6 is 0 Å². The Hall–Kier alpha value is -2.08. The minimum atomic E-state index is -2.98. The molecule has 3 rings (SSSR count). The summed E-state index contributed by atoms with van der Waals surface area (Å²) in [5, 5.41) is 5.38. The summed E-state index contributed by atoms with van der Waals surface area (Å²) in [7, 11) is -1.30. The van der Waals surface area contributed by atoms with Crippen LogP contribution in [0.15, 0.2) is 42.5 Å². The lowest BCUT2D eigenvalue weighted by Gasteiger charge is -2.23. The molecule has 1 atom stereocenters. The van der Waals surface area contributed by atoms with E-state index in [9.17, 15) is 13.2 Å². The van der Waals surface area contributed by atoms with E-state index in [0.29, 0.717) is 6.42 Å². The van der Waals surface area contributed by atoms with Crippen LogP contribution in [-0.4, -0.2) is 50.4 Å². The Balaban J connectivity index is 1.61. The molecule has 122 valence electrons. The van der Waals surface area contributed by atoms with Gasteiger partial charge in [0.15, 0.2) is 9.84 Å². The van der Waals surface area contributed by atoms with Crippen LogP contribution in [0.3, 0.4) is 0 Å². The lowest BCUT2D eigenvalue weighted by Crippen LogP contribution is -2.40. The van der Waals surface area contributed by atoms with Crippen LogP contribution < -0.4 is 5.32 Å². The summed E-state index contributed by atoms with van der Waals surface area (Å²) in [6, 6.07) is 13.8. The molecule has 23 heavy (non-hydrogen) atoms. The second kappa shape index (κ2) is 6.20. The molecule has 0 spiro atoms. The number of carbonyl (C=O) groups excluding carboxylic acids is 1. The summed E-state index contributed by atoms with van der Waals surface area (Å²) in [5.74, 6) is 0.152. The van der Waals surface area contributed by atoms with Crippen molar-refractivity contribution in [2.24, 2.45) is 0 Å². The zero-order valence-electron chi connectivity index (χ0n) is 13.0. The molecule has 2 aromatic rings. The third-order valence-electron chi connectivity index (χ3n) is 4.34. The van der Waals surface area contributed by atoms with Gasteiger partial charge in [-0.2, -0.15) is 0 Å². The SMILES string of the molecule is CN(C(=O)CNc1ccc2ccccc2c1)[C@@H]1CCS(=O)(=O)C1. The first-order chi connectivity index (χ1) is 10.9. The third kappa shape index (κ3) is 3.64. The first-order valence-corrected chi connectivity index (χ1v) is 9.45. The fraction of sp³-hybridized carbons (Fsp3) is 0.353. The molecule has 6 heteroatoms. The highest BCUT2D eigenvalue weighted by atomic mass is 32.2. The van der Waals surface area contributed by atoms with E-state index in [0.717, 1.165) is 16.5 Å². The number of nitrogens with zero attached hydrogens (tertiary/aromatic N) is 1. The van der Waals surface area contributed by atoms with Gasteiger partial charge in [-0.1, -0.05) is 30.3 Å². The molecule has 1 saturated heterocycles. The van der Waals surface area contributed by atoms with Gasteiger partial charge >= 0.3 is 0 Å². The largest absolute Gasteiger partial charge is 0.376 e. The molecule has 0 aliphatic carbocycles. The summed E-state index contributed by atoms with van der Waals surface area (Å²) < 4.78 is 23.0. The zero-order chi connectivity index (χ0) is 16.4. The molecular formula is C17H20N2O3S. The second-order valence-electron chi connectivity index (χ2n) is 5.98. The van der Waals surface area contributed by atoms with Crippen molar-refractivity contribution in [3.8, 4) is 0 Å². The van der Waals surface area contributed by atoms with Gasteiger partial charge in [-0.25, -0.2) is 8.42 Å². The number of benzene rings is 2. The Kier molecular flexibility index (Phi) is 4.26. The maximum atomic E-state index is 12.2. The number of nitrogens with one attached hydrogen (secondary N) is 1. The van der Waals surface area contributed by atoms with Crippen LogP contribution in [0.25, 0.3) is 10.8 Å². The van der Waals surface area contributed by atoms with Crippen LogP contribution in [-0.2, 0) is 14.6 Å². The zero-order valence-corrected chi connectivity index (χ0v) is 13.8. The molecule has 0 radical (unpaired) electrons. The highest BCUT2D eigenvalue weighted by molar-refractivity contribution is 7.91. The molecule has 1 heterocycles. The van der Waals surface area contributed by atoms with E-state index in [-0.39, 0.29) is 30.0 Å². The Morgan fingerprint density at radius 2 is 1.96 bits per heavy atom. The molecule has 5 nitrogen and oxygen atoms in total. The van der Waals surface area contributed by atoms with Crippen molar-refractivity contribution >= 4 is 32.2 Å². The normalized spacial score (nSPS) is 19.6. The van der Waals surface area contributed by atoms with E-state index >= 15 is 0 Å². The molecule has 1 amide bonds. The van der Waals surface area contributed by atoms with E-state index < -0.39 is 9.84 Å². The third-order valence-corrected chi connectivity index (χ3v) is 6.09. The van der Waals surface area contributed by atoms with Crippen molar-refractivity contribution in [2.75, 3.05) is 30.4 Å². The summed E-state index contributed by atoms with van der Waals surface area (Å²) in [6.07, 6.45) is 0.528. The number of anilines is 1. The van der Waals surface area contributed by atoms with Gasteiger partial charge in [0.1, 0.15) is 0 Å². The molecular weight excluding hydrogens is 312 g/mol. The second-order valence-corrected chi connectivity index (χ2v) is 8.21. The van der Waals surface area contributed by atoms with Gasteiger partial charge in [0.05, 0.1) is 18.1 Å². The lowest BCUT2D eigenvalue weighted by molar-refractivity contribution is -0.129. The number of hydrogen-bond donors (Lipinski definition) is 1. The van der Waals surface area contributed by atoms with Gasteiger partial charge in [0.25, 0.3) is 0 Å². The number of sulfone groups is 1. The van der Waals surface area contributed by atoms with Crippen molar-refractivity contribution in [1.29, 1.82) is 0 Å². The number of likely N-dealkylation sites (N-methyl/N-ethyl adjacent to an activating group) is 1. The van der Waals surface area contributed by atoms with Crippen molar-refractivity contribution in [1.82, 2.24) is 4.90 Å². The minimum Gasteiger partial charge on any atom is -0.376 e. The van der Waals surface area contributed by atoms with Crippen LogP contribution in [0.4, 0.5) is 5.69 Å². The first-order valence-electron chi connectivity index (χ1n) is 7.63. The molecule has 1 aliphatic heterocycles. The van der Waals surface area contributed by atoms with E-state index in [4.69, 9.17) is 0 Å². The molecule has 1 fully saturated rings. The van der Waals surface area contributed by atoms with Gasteiger partial charge in [0, 0.05) is 18.8 Å². The number of fused-ring (bicyclic) bond motifs is 1. The smallest absolute Gasteiger partial charge is 0.241 e. The average Bonchev–Trinajstić information content (AvgIpc) is 2.91. The van der Waals surface area contributed by atoms with Crippen LogP contribution in [0.5, 0.6) is 0 Å². The van der Waals surface area contributed by atoms with Gasteiger partial charge in [-0.3, -0.25) is 4.79 Å². The molecule has 2 aromatic carbocycles. The summed E-state index contributed by atoms with van der Waals surface area (Å²) in [4.78, 5) is 13.8. The number of rotatable bonds is 4. The van der Waals surface area contributed by atoms with E-state index in [1.165, 1.54) is 0 Å². The number of carbonyl (C=O) groups is 1. The highest BCUT2D eigenvalue weighted by Crippen LogP contribution is 2.19. The molecule has 0 unspecified atom stereocenters. The van der Waals surface area contributed by atoms with Gasteiger partial charge in [0.2, 0.25) is 5.91 Å². The molecule has 0 aromatic heterocycles. The fourth-order valence-electron chi connectivity index (χ4n) is 2.89. The van der Waals surface area contributed by atoms with Crippen molar-refractivity contribution < 1.29 is 13.2 Å². The van der Waals surface area contributed by atoms with E-state index in [2.05, 4.69) is 5.32 Å². The predicted molar refractivity (Wildman–Crippen MR) is 92.3 cm³/mol. The first kappa shape index (κ1) is 15.8. The minimum absolute atomic E-state index is 0.0746. The number of amides is 1. The Labute approximate surface area is 136 Å². The number of hydrogen-bond acceptors (Lipinski definition) is 4. The predicted octanol–water partition coefficient (Wildman–Crippen LogP) is 1.90. The van der Waals surface area contributed by atoms with Crippen molar-refractivity contribution in [3.05, 3.63) is 42.5 Å². The van der Waals surface area contributed by atoms with E-state index in [1.807, 2.05) is 42.5 Å². The summed E-state index contributed by atoms with van der Waals surface area (Å²) in [6.45, 7) is 0.158. The average molecular weight is 332 g/mol. The maximum absolute atomic E-state index is 12.2. The van der Waals surface area contributed by atoms with E-state index in [1.54, 1.807) is 11.9 Å². The molecule has 0 saturated carbocycles. The van der Waals surface area contributed by atoms with Gasteiger partial charge < -0.3 is 10.2 Å². The Morgan fingerprint density at radius 1 is 1.22 bits per heavy atom. The quantitative estimate of drug-likeness (QED) is 0.929.